The van der Waals surface area contributed by atoms with Gasteiger partial charge in [-0.15, -0.1) is 0 Å². The monoisotopic (exact) mass is 209 g/mol. The van der Waals surface area contributed by atoms with Gasteiger partial charge in [0, 0.05) is 13.1 Å². The minimum atomic E-state index is 0.510. The first kappa shape index (κ1) is 10.8. The van der Waals surface area contributed by atoms with Crippen LogP contribution in [0, 0.1) is 11.8 Å². The first-order valence-electron chi connectivity index (χ1n) is 6.25. The number of nitrogens with two attached hydrogens (primary N) is 1. The van der Waals surface area contributed by atoms with Crippen LogP contribution >= 0.6 is 0 Å². The van der Waals surface area contributed by atoms with E-state index in [1.165, 1.54) is 25.7 Å². The van der Waals surface area contributed by atoms with E-state index in [0.717, 1.165) is 30.9 Å². The molecule has 0 spiro atoms. The van der Waals surface area contributed by atoms with E-state index in [2.05, 4.69) is 23.7 Å². The van der Waals surface area contributed by atoms with Gasteiger partial charge in [-0.2, -0.15) is 0 Å². The van der Waals surface area contributed by atoms with E-state index in [-0.39, 0.29) is 0 Å². The molecular formula is C12H23N3. The fraction of sp³-hybridized carbons (Fsp3) is 0.917. The standard InChI is InChI=1S/C12H23N3/c1-9-7-15(8-10(9)2)12(13)14-11-5-3-4-6-11/h9-11H,3-8H2,1-2H3,(H2,13,14). The molecule has 2 N–H and O–H groups in total. The van der Waals surface area contributed by atoms with Gasteiger partial charge >= 0.3 is 0 Å². The summed E-state index contributed by atoms with van der Waals surface area (Å²) in [5.41, 5.74) is 6.06. The maximum atomic E-state index is 6.06. The molecule has 1 aliphatic carbocycles. The molecule has 0 amide bonds. The van der Waals surface area contributed by atoms with Gasteiger partial charge in [0.25, 0.3) is 0 Å². The van der Waals surface area contributed by atoms with Crippen LogP contribution in [0.4, 0.5) is 0 Å². The van der Waals surface area contributed by atoms with Gasteiger partial charge in [0.2, 0.25) is 0 Å². The molecule has 0 radical (unpaired) electrons. The predicted octanol–water partition coefficient (Wildman–Crippen LogP) is 1.83. The zero-order valence-electron chi connectivity index (χ0n) is 9.95. The van der Waals surface area contributed by atoms with E-state index < -0.39 is 0 Å². The van der Waals surface area contributed by atoms with Crippen molar-refractivity contribution < 1.29 is 0 Å². The van der Waals surface area contributed by atoms with E-state index >= 15 is 0 Å². The highest BCUT2D eigenvalue weighted by Crippen LogP contribution is 2.24. The first-order valence-corrected chi connectivity index (χ1v) is 6.25. The maximum absolute atomic E-state index is 6.06. The van der Waals surface area contributed by atoms with Gasteiger partial charge in [0.15, 0.2) is 5.96 Å². The van der Waals surface area contributed by atoms with Gasteiger partial charge in [0.1, 0.15) is 0 Å². The lowest BCUT2D eigenvalue weighted by Crippen LogP contribution is -2.36. The predicted molar refractivity (Wildman–Crippen MR) is 63.8 cm³/mol. The van der Waals surface area contributed by atoms with Gasteiger partial charge < -0.3 is 10.6 Å². The van der Waals surface area contributed by atoms with Crippen LogP contribution in [0.1, 0.15) is 39.5 Å². The molecule has 0 aromatic carbocycles. The van der Waals surface area contributed by atoms with Crippen molar-refractivity contribution in [1.29, 1.82) is 0 Å². The molecule has 1 saturated carbocycles. The summed E-state index contributed by atoms with van der Waals surface area (Å²) >= 11 is 0. The second kappa shape index (κ2) is 4.42. The highest BCUT2D eigenvalue weighted by atomic mass is 15.3. The highest BCUT2D eigenvalue weighted by molar-refractivity contribution is 5.78. The number of nitrogens with zero attached hydrogens (tertiary/aromatic N) is 2. The summed E-state index contributed by atoms with van der Waals surface area (Å²) < 4.78 is 0. The van der Waals surface area contributed by atoms with Crippen LogP contribution in [0.15, 0.2) is 4.99 Å². The molecule has 0 bridgehead atoms. The summed E-state index contributed by atoms with van der Waals surface area (Å²) in [6.45, 7) is 6.77. The normalized spacial score (nSPS) is 34.0. The molecule has 2 aliphatic rings. The second-order valence-corrected chi connectivity index (χ2v) is 5.29. The van der Waals surface area contributed by atoms with Gasteiger partial charge in [0.05, 0.1) is 6.04 Å². The number of likely N-dealkylation sites (tertiary alicyclic amines) is 1. The van der Waals surface area contributed by atoms with Crippen molar-refractivity contribution in [2.75, 3.05) is 13.1 Å². The zero-order chi connectivity index (χ0) is 10.8. The molecule has 3 nitrogen and oxygen atoms in total. The van der Waals surface area contributed by atoms with E-state index in [1.807, 2.05) is 0 Å². The van der Waals surface area contributed by atoms with E-state index in [4.69, 9.17) is 5.73 Å². The lowest BCUT2D eigenvalue weighted by molar-refractivity contribution is 0.481. The third kappa shape index (κ3) is 2.44. The Kier molecular flexibility index (Phi) is 3.17. The van der Waals surface area contributed by atoms with Crippen molar-refractivity contribution in [2.45, 2.75) is 45.6 Å². The molecule has 1 aliphatic heterocycles. The molecule has 0 aromatic rings. The number of guanidine groups is 1. The lowest BCUT2D eigenvalue weighted by Gasteiger charge is -2.18. The summed E-state index contributed by atoms with van der Waals surface area (Å²) in [5, 5.41) is 0. The summed E-state index contributed by atoms with van der Waals surface area (Å²) in [4.78, 5) is 6.90. The molecule has 1 saturated heterocycles. The van der Waals surface area contributed by atoms with Crippen molar-refractivity contribution >= 4 is 5.96 Å². The van der Waals surface area contributed by atoms with Crippen molar-refractivity contribution in [3.8, 4) is 0 Å². The molecule has 2 atom stereocenters. The van der Waals surface area contributed by atoms with E-state index in [9.17, 15) is 0 Å². The fourth-order valence-corrected chi connectivity index (χ4v) is 2.62. The molecule has 1 heterocycles. The second-order valence-electron chi connectivity index (χ2n) is 5.29. The van der Waals surface area contributed by atoms with Crippen LogP contribution in [0.25, 0.3) is 0 Å². The maximum Gasteiger partial charge on any atom is 0.191 e. The van der Waals surface area contributed by atoms with Gasteiger partial charge in [-0.05, 0) is 24.7 Å². The van der Waals surface area contributed by atoms with Gasteiger partial charge in [-0.1, -0.05) is 26.7 Å². The number of hydrogen-bond donors (Lipinski definition) is 1. The molecule has 2 fully saturated rings. The number of hydrogen-bond acceptors (Lipinski definition) is 1. The van der Waals surface area contributed by atoms with Gasteiger partial charge in [-0.3, -0.25) is 0 Å². The summed E-state index contributed by atoms with van der Waals surface area (Å²) in [6.07, 6.45) is 5.13. The SMILES string of the molecule is CC1CN(C(N)=NC2CCCC2)CC1C. The Morgan fingerprint density at radius 2 is 1.67 bits per heavy atom. The molecule has 2 rings (SSSR count). The fourth-order valence-electron chi connectivity index (χ4n) is 2.62. The van der Waals surface area contributed by atoms with Gasteiger partial charge in [-0.25, -0.2) is 4.99 Å². The summed E-state index contributed by atoms with van der Waals surface area (Å²) in [5.74, 6) is 2.29. The quantitative estimate of drug-likeness (QED) is 0.529. The van der Waals surface area contributed by atoms with Crippen molar-refractivity contribution in [3.05, 3.63) is 0 Å². The average Bonchev–Trinajstić information content (AvgIpc) is 2.78. The highest BCUT2D eigenvalue weighted by Gasteiger charge is 2.27. The Balaban J connectivity index is 1.92. The van der Waals surface area contributed by atoms with Crippen LogP contribution in [0.5, 0.6) is 0 Å². The van der Waals surface area contributed by atoms with Crippen LogP contribution in [-0.4, -0.2) is 30.0 Å². The third-order valence-electron chi connectivity index (χ3n) is 3.95. The lowest BCUT2D eigenvalue weighted by atomic mass is 10.0. The molecule has 2 unspecified atom stereocenters. The molecule has 15 heavy (non-hydrogen) atoms. The summed E-state index contributed by atoms with van der Waals surface area (Å²) in [6, 6.07) is 0.510. The molecule has 0 aromatic heterocycles. The molecule has 86 valence electrons. The Morgan fingerprint density at radius 1 is 1.13 bits per heavy atom. The Labute approximate surface area is 92.7 Å². The summed E-state index contributed by atoms with van der Waals surface area (Å²) in [7, 11) is 0. The molecule has 3 heteroatoms. The Morgan fingerprint density at radius 3 is 2.20 bits per heavy atom. The Bertz CT molecular complexity index is 233. The minimum absolute atomic E-state index is 0.510. The van der Waals surface area contributed by atoms with E-state index in [1.54, 1.807) is 0 Å². The van der Waals surface area contributed by atoms with Crippen LogP contribution in [-0.2, 0) is 0 Å². The average molecular weight is 209 g/mol. The van der Waals surface area contributed by atoms with Crippen molar-refractivity contribution in [3.63, 3.8) is 0 Å². The van der Waals surface area contributed by atoms with Crippen LogP contribution in [0.2, 0.25) is 0 Å². The smallest absolute Gasteiger partial charge is 0.191 e. The van der Waals surface area contributed by atoms with Crippen molar-refractivity contribution in [1.82, 2.24) is 4.90 Å². The van der Waals surface area contributed by atoms with Crippen molar-refractivity contribution in [2.24, 2.45) is 22.6 Å². The van der Waals surface area contributed by atoms with Crippen LogP contribution < -0.4 is 5.73 Å². The van der Waals surface area contributed by atoms with Crippen LogP contribution in [0.3, 0.4) is 0 Å². The Hall–Kier alpha value is -0.730. The number of aliphatic imine (C=N–C) groups is 1. The third-order valence-corrected chi connectivity index (χ3v) is 3.95. The number of rotatable bonds is 1. The first-order chi connectivity index (χ1) is 7.16. The zero-order valence-corrected chi connectivity index (χ0v) is 9.95. The van der Waals surface area contributed by atoms with E-state index in [0.29, 0.717) is 6.04 Å². The molecular weight excluding hydrogens is 186 g/mol. The topological polar surface area (TPSA) is 41.6 Å². The minimum Gasteiger partial charge on any atom is -0.370 e. The largest absolute Gasteiger partial charge is 0.370 e.